The van der Waals surface area contributed by atoms with E-state index in [9.17, 15) is 0 Å². The highest BCUT2D eigenvalue weighted by molar-refractivity contribution is 4.93. The number of nitrogens with zero attached hydrogens (tertiary/aromatic N) is 5. The minimum atomic E-state index is 0.164. The highest BCUT2D eigenvalue weighted by Gasteiger charge is 2.03. The second-order valence-electron chi connectivity index (χ2n) is 3.08. The molecule has 7 heteroatoms. The predicted octanol–water partition coefficient (Wildman–Crippen LogP) is -0.366. The number of aryl methyl sites for hydroxylation is 1. The normalized spacial score (nSPS) is 10.7. The first-order chi connectivity index (χ1) is 7.38. The van der Waals surface area contributed by atoms with Crippen molar-refractivity contribution in [3.05, 3.63) is 24.1 Å². The van der Waals surface area contributed by atoms with Crippen molar-refractivity contribution in [2.75, 3.05) is 6.61 Å². The lowest BCUT2D eigenvalue weighted by Crippen LogP contribution is -2.01. The molecule has 2 aromatic heterocycles. The first-order valence-corrected chi connectivity index (χ1v) is 4.63. The second kappa shape index (κ2) is 4.65. The molecular weight excluding hydrogens is 198 g/mol. The summed E-state index contributed by atoms with van der Waals surface area (Å²) in [6.45, 7) is 0.611. The Labute approximate surface area is 85.7 Å². The molecule has 0 amide bonds. The van der Waals surface area contributed by atoms with Gasteiger partial charge in [0, 0.05) is 12.8 Å². The van der Waals surface area contributed by atoms with Gasteiger partial charge in [0.1, 0.15) is 6.54 Å². The third-order valence-corrected chi connectivity index (χ3v) is 1.89. The van der Waals surface area contributed by atoms with Gasteiger partial charge in [-0.3, -0.25) is 0 Å². The molecule has 0 spiro atoms. The zero-order chi connectivity index (χ0) is 10.5. The summed E-state index contributed by atoms with van der Waals surface area (Å²) < 4.78 is 6.24. The molecule has 0 saturated heterocycles. The topological polar surface area (TPSA) is 89.9 Å². The maximum Gasteiger partial charge on any atom is 0.213 e. The van der Waals surface area contributed by atoms with Crippen LogP contribution >= 0.6 is 0 Å². The lowest BCUT2D eigenvalue weighted by atomic mass is 10.3. The van der Waals surface area contributed by atoms with Gasteiger partial charge in [0.25, 0.3) is 0 Å². The molecule has 0 aliphatic carbocycles. The number of aromatic nitrogens is 5. The average molecular weight is 209 g/mol. The third-order valence-electron chi connectivity index (χ3n) is 1.89. The van der Waals surface area contributed by atoms with Crippen LogP contribution in [0, 0.1) is 0 Å². The minimum Gasteiger partial charge on any atom is -0.396 e. The van der Waals surface area contributed by atoms with E-state index < -0.39 is 0 Å². The second-order valence-corrected chi connectivity index (χ2v) is 3.08. The van der Waals surface area contributed by atoms with Crippen molar-refractivity contribution in [3.8, 4) is 0 Å². The van der Waals surface area contributed by atoms with Gasteiger partial charge in [0.15, 0.2) is 5.82 Å². The zero-order valence-corrected chi connectivity index (χ0v) is 8.07. The molecular formula is C8H11N5O2. The van der Waals surface area contributed by atoms with Crippen LogP contribution in [0.5, 0.6) is 0 Å². The summed E-state index contributed by atoms with van der Waals surface area (Å²) >= 11 is 0. The van der Waals surface area contributed by atoms with Crippen LogP contribution < -0.4 is 0 Å². The van der Waals surface area contributed by atoms with E-state index in [1.54, 1.807) is 4.68 Å². The number of aliphatic hydroxyl groups excluding tert-OH is 1. The fraction of sp³-hybridized carbons (Fsp3) is 0.500. The van der Waals surface area contributed by atoms with Crippen LogP contribution in [0.15, 0.2) is 17.1 Å². The third kappa shape index (κ3) is 2.59. The predicted molar refractivity (Wildman–Crippen MR) is 48.8 cm³/mol. The molecule has 0 saturated carbocycles. The van der Waals surface area contributed by atoms with E-state index in [1.165, 1.54) is 6.39 Å². The van der Waals surface area contributed by atoms with Crippen molar-refractivity contribution in [1.29, 1.82) is 0 Å². The lowest BCUT2D eigenvalue weighted by Gasteiger charge is -1.92. The molecule has 1 N–H and O–H groups in total. The van der Waals surface area contributed by atoms with Gasteiger partial charge in [-0.15, -0.1) is 5.10 Å². The van der Waals surface area contributed by atoms with Gasteiger partial charge < -0.3 is 9.63 Å². The highest BCUT2D eigenvalue weighted by atomic mass is 16.5. The van der Waals surface area contributed by atoms with Crippen LogP contribution in [0.4, 0.5) is 0 Å². The number of aliphatic hydroxyl groups is 1. The smallest absolute Gasteiger partial charge is 0.213 e. The van der Waals surface area contributed by atoms with Crippen LogP contribution in [0.3, 0.4) is 0 Å². The Kier molecular flexibility index (Phi) is 3.03. The molecule has 0 aliphatic rings. The highest BCUT2D eigenvalue weighted by Crippen LogP contribution is 1.99. The summed E-state index contributed by atoms with van der Waals surface area (Å²) in [6, 6.07) is 0. The summed E-state index contributed by atoms with van der Waals surface area (Å²) in [5.41, 5.74) is 0.854. The molecule has 15 heavy (non-hydrogen) atoms. The van der Waals surface area contributed by atoms with Gasteiger partial charge in [-0.05, 0) is 12.8 Å². The molecule has 2 aromatic rings. The Morgan fingerprint density at radius 2 is 2.40 bits per heavy atom. The molecule has 80 valence electrons. The number of rotatable bonds is 5. The molecule has 0 atom stereocenters. The van der Waals surface area contributed by atoms with Crippen molar-refractivity contribution >= 4 is 0 Å². The van der Waals surface area contributed by atoms with E-state index in [-0.39, 0.29) is 6.61 Å². The van der Waals surface area contributed by atoms with Crippen LogP contribution in [-0.4, -0.2) is 36.8 Å². The molecule has 0 bridgehead atoms. The molecule has 0 fully saturated rings. The van der Waals surface area contributed by atoms with Crippen molar-refractivity contribution in [2.24, 2.45) is 0 Å². The van der Waals surface area contributed by atoms with Crippen molar-refractivity contribution in [1.82, 2.24) is 25.1 Å². The molecule has 2 heterocycles. The van der Waals surface area contributed by atoms with Gasteiger partial charge in [0.05, 0.1) is 5.69 Å². The fourth-order valence-electron chi connectivity index (χ4n) is 1.20. The van der Waals surface area contributed by atoms with Crippen LogP contribution in [0.1, 0.15) is 17.9 Å². The van der Waals surface area contributed by atoms with Crippen molar-refractivity contribution < 1.29 is 9.63 Å². The van der Waals surface area contributed by atoms with Gasteiger partial charge in [-0.25, -0.2) is 4.68 Å². The summed E-state index contributed by atoms with van der Waals surface area (Å²) in [7, 11) is 0. The largest absolute Gasteiger partial charge is 0.396 e. The quantitative estimate of drug-likeness (QED) is 0.722. The Morgan fingerprint density at radius 3 is 3.13 bits per heavy atom. The summed E-state index contributed by atoms with van der Waals surface area (Å²) in [6.07, 6.45) is 4.51. The van der Waals surface area contributed by atoms with E-state index in [1.807, 2.05) is 6.20 Å². The van der Waals surface area contributed by atoms with E-state index in [0.29, 0.717) is 18.8 Å². The Hall–Kier alpha value is -1.76. The van der Waals surface area contributed by atoms with E-state index >= 15 is 0 Å². The number of hydrogen-bond acceptors (Lipinski definition) is 6. The van der Waals surface area contributed by atoms with Gasteiger partial charge >= 0.3 is 0 Å². The van der Waals surface area contributed by atoms with Crippen LogP contribution in [-0.2, 0) is 13.0 Å². The summed E-state index contributed by atoms with van der Waals surface area (Å²) in [4.78, 5) is 3.88. The lowest BCUT2D eigenvalue weighted by molar-refractivity contribution is 0.288. The zero-order valence-electron chi connectivity index (χ0n) is 8.07. The first-order valence-electron chi connectivity index (χ1n) is 4.63. The van der Waals surface area contributed by atoms with E-state index in [2.05, 4.69) is 25.0 Å². The first kappa shape index (κ1) is 9.78. The maximum atomic E-state index is 8.65. The maximum absolute atomic E-state index is 8.65. The fourth-order valence-corrected chi connectivity index (χ4v) is 1.20. The standard InChI is InChI=1S/C8H11N5O2/c14-3-1-2-7-4-13(12-10-7)5-8-9-6-15-11-8/h4,6,14H,1-3,5H2. The van der Waals surface area contributed by atoms with Gasteiger partial charge in [-0.2, -0.15) is 4.98 Å². The Balaban J connectivity index is 1.95. The molecule has 0 unspecified atom stereocenters. The molecule has 2 rings (SSSR count). The van der Waals surface area contributed by atoms with E-state index in [4.69, 9.17) is 5.11 Å². The summed E-state index contributed by atoms with van der Waals surface area (Å²) in [5, 5.41) is 20.2. The SMILES string of the molecule is OCCCc1cn(Cc2ncon2)nn1. The van der Waals surface area contributed by atoms with E-state index in [0.717, 1.165) is 12.1 Å². The molecule has 0 aromatic carbocycles. The average Bonchev–Trinajstić information content (AvgIpc) is 2.87. The van der Waals surface area contributed by atoms with Crippen LogP contribution in [0.25, 0.3) is 0 Å². The molecule has 0 radical (unpaired) electrons. The van der Waals surface area contributed by atoms with Gasteiger partial charge in [-0.1, -0.05) is 10.4 Å². The molecule has 0 aliphatic heterocycles. The summed E-state index contributed by atoms with van der Waals surface area (Å²) in [5.74, 6) is 0.564. The monoisotopic (exact) mass is 209 g/mol. The van der Waals surface area contributed by atoms with Crippen LogP contribution in [0.2, 0.25) is 0 Å². The van der Waals surface area contributed by atoms with Crippen molar-refractivity contribution in [2.45, 2.75) is 19.4 Å². The molecule has 7 nitrogen and oxygen atoms in total. The number of hydrogen-bond donors (Lipinski definition) is 1. The minimum absolute atomic E-state index is 0.164. The Bertz CT molecular complexity index is 397. The Morgan fingerprint density at radius 1 is 1.47 bits per heavy atom. The van der Waals surface area contributed by atoms with Gasteiger partial charge in [0.2, 0.25) is 6.39 Å². The van der Waals surface area contributed by atoms with Crippen molar-refractivity contribution in [3.63, 3.8) is 0 Å².